The van der Waals surface area contributed by atoms with Crippen LogP contribution in [0.1, 0.15) is 34.2 Å². The van der Waals surface area contributed by atoms with Crippen molar-refractivity contribution in [3.63, 3.8) is 0 Å². The zero-order valence-electron chi connectivity index (χ0n) is 14.5. The van der Waals surface area contributed by atoms with E-state index in [0.29, 0.717) is 12.1 Å². The van der Waals surface area contributed by atoms with Crippen LogP contribution >= 0.6 is 24.2 Å². The Morgan fingerprint density at radius 1 is 1.23 bits per heavy atom. The normalized spacial score (nSPS) is 11.8. The molecule has 0 saturated heterocycles. The SMILES string of the molecule is CSCCC(NC(=O)c1ccc(CN)cc1)c1nnc2ccccn12.Cl. The molecule has 0 aliphatic carbocycles. The highest BCUT2D eigenvalue weighted by molar-refractivity contribution is 7.98. The topological polar surface area (TPSA) is 85.3 Å². The Labute approximate surface area is 163 Å². The Kier molecular flexibility index (Phi) is 7.44. The molecule has 3 rings (SSSR count). The minimum atomic E-state index is -0.202. The van der Waals surface area contributed by atoms with E-state index in [9.17, 15) is 4.79 Å². The quantitative estimate of drug-likeness (QED) is 0.646. The second-order valence-electron chi connectivity index (χ2n) is 5.70. The third kappa shape index (κ3) is 4.55. The van der Waals surface area contributed by atoms with Crippen LogP contribution in [0, 0.1) is 0 Å². The van der Waals surface area contributed by atoms with Gasteiger partial charge in [0.15, 0.2) is 11.5 Å². The van der Waals surface area contributed by atoms with Gasteiger partial charge in [0, 0.05) is 18.3 Å². The number of nitrogens with one attached hydrogen (secondary N) is 1. The molecule has 138 valence electrons. The third-order valence-corrected chi connectivity index (χ3v) is 4.66. The van der Waals surface area contributed by atoms with Crippen molar-refractivity contribution in [3.8, 4) is 0 Å². The monoisotopic (exact) mass is 391 g/mol. The maximum Gasteiger partial charge on any atom is 0.251 e. The zero-order valence-corrected chi connectivity index (χ0v) is 16.1. The molecule has 0 aliphatic rings. The van der Waals surface area contributed by atoms with Crippen LogP contribution in [-0.4, -0.2) is 32.5 Å². The Morgan fingerprint density at radius 3 is 2.69 bits per heavy atom. The molecule has 1 unspecified atom stereocenters. The van der Waals surface area contributed by atoms with Crippen LogP contribution < -0.4 is 11.1 Å². The van der Waals surface area contributed by atoms with Gasteiger partial charge in [0.1, 0.15) is 0 Å². The predicted molar refractivity (Wildman–Crippen MR) is 108 cm³/mol. The minimum absolute atomic E-state index is 0. The fourth-order valence-corrected chi connectivity index (χ4v) is 3.10. The standard InChI is InChI=1S/C18H21N5OS.ClH/c1-25-11-9-15(17-22-21-16-4-2-3-10-23(16)17)20-18(24)14-7-5-13(12-19)6-8-14;/h2-8,10,15H,9,11-12,19H2,1H3,(H,20,24);1H. The smallest absolute Gasteiger partial charge is 0.251 e. The number of pyridine rings is 1. The summed E-state index contributed by atoms with van der Waals surface area (Å²) in [7, 11) is 0. The maximum absolute atomic E-state index is 12.6. The number of rotatable bonds is 7. The van der Waals surface area contributed by atoms with E-state index in [0.717, 1.165) is 29.2 Å². The molecule has 0 bridgehead atoms. The van der Waals surface area contributed by atoms with Gasteiger partial charge in [0.25, 0.3) is 5.91 Å². The molecule has 0 saturated carbocycles. The number of carbonyl (C=O) groups is 1. The number of carbonyl (C=O) groups excluding carboxylic acids is 1. The van der Waals surface area contributed by atoms with Gasteiger partial charge in [-0.15, -0.1) is 22.6 Å². The molecule has 2 aromatic heterocycles. The minimum Gasteiger partial charge on any atom is -0.342 e. The van der Waals surface area contributed by atoms with Gasteiger partial charge in [-0.05, 0) is 48.3 Å². The van der Waals surface area contributed by atoms with Crippen molar-refractivity contribution in [2.75, 3.05) is 12.0 Å². The largest absolute Gasteiger partial charge is 0.342 e. The fourth-order valence-electron chi connectivity index (χ4n) is 2.63. The lowest BCUT2D eigenvalue weighted by atomic mass is 10.1. The summed E-state index contributed by atoms with van der Waals surface area (Å²) in [4.78, 5) is 12.6. The molecular weight excluding hydrogens is 370 g/mol. The number of benzene rings is 1. The van der Waals surface area contributed by atoms with Gasteiger partial charge >= 0.3 is 0 Å². The third-order valence-electron chi connectivity index (χ3n) is 4.02. The van der Waals surface area contributed by atoms with Crippen molar-refractivity contribution in [2.24, 2.45) is 5.73 Å². The molecule has 2 heterocycles. The first-order valence-corrected chi connectivity index (χ1v) is 9.50. The first-order chi connectivity index (χ1) is 12.2. The number of amides is 1. The van der Waals surface area contributed by atoms with Gasteiger partial charge in [0.05, 0.1) is 6.04 Å². The van der Waals surface area contributed by atoms with Crippen molar-refractivity contribution < 1.29 is 4.79 Å². The number of fused-ring (bicyclic) bond motifs is 1. The van der Waals surface area contributed by atoms with E-state index in [-0.39, 0.29) is 24.4 Å². The first kappa shape index (κ1) is 20.2. The number of aromatic nitrogens is 3. The van der Waals surface area contributed by atoms with Crippen LogP contribution in [0.3, 0.4) is 0 Å². The molecule has 0 radical (unpaired) electrons. The van der Waals surface area contributed by atoms with E-state index in [1.54, 1.807) is 23.9 Å². The summed E-state index contributed by atoms with van der Waals surface area (Å²) in [6, 6.07) is 12.9. The highest BCUT2D eigenvalue weighted by Crippen LogP contribution is 2.19. The summed E-state index contributed by atoms with van der Waals surface area (Å²) >= 11 is 1.74. The summed E-state index contributed by atoms with van der Waals surface area (Å²) in [6.45, 7) is 0.462. The van der Waals surface area contributed by atoms with Gasteiger partial charge in [-0.2, -0.15) is 11.8 Å². The lowest BCUT2D eigenvalue weighted by molar-refractivity contribution is 0.0934. The highest BCUT2D eigenvalue weighted by atomic mass is 35.5. The van der Waals surface area contributed by atoms with Crippen LogP contribution in [0.2, 0.25) is 0 Å². The van der Waals surface area contributed by atoms with E-state index in [1.807, 2.05) is 47.2 Å². The molecule has 26 heavy (non-hydrogen) atoms. The molecule has 1 atom stereocenters. The second-order valence-corrected chi connectivity index (χ2v) is 6.68. The summed E-state index contributed by atoms with van der Waals surface area (Å²) in [5.74, 6) is 1.54. The Hall–Kier alpha value is -2.09. The van der Waals surface area contributed by atoms with Gasteiger partial charge in [0.2, 0.25) is 0 Å². The Morgan fingerprint density at radius 2 is 2.00 bits per heavy atom. The average Bonchev–Trinajstić information content (AvgIpc) is 3.09. The van der Waals surface area contributed by atoms with Crippen LogP contribution in [0.25, 0.3) is 5.65 Å². The number of hydrogen-bond acceptors (Lipinski definition) is 5. The van der Waals surface area contributed by atoms with Gasteiger partial charge in [-0.1, -0.05) is 18.2 Å². The number of nitrogens with two attached hydrogens (primary N) is 1. The molecule has 3 N–H and O–H groups in total. The summed E-state index contributed by atoms with van der Waals surface area (Å²) < 4.78 is 1.92. The van der Waals surface area contributed by atoms with E-state index in [1.165, 1.54) is 0 Å². The summed E-state index contributed by atoms with van der Waals surface area (Å²) in [5, 5.41) is 11.6. The van der Waals surface area contributed by atoms with Crippen LogP contribution in [-0.2, 0) is 6.54 Å². The van der Waals surface area contributed by atoms with Gasteiger partial charge in [-0.25, -0.2) is 0 Å². The molecule has 1 aromatic carbocycles. The van der Waals surface area contributed by atoms with E-state index in [2.05, 4.69) is 15.5 Å². The number of nitrogens with zero attached hydrogens (tertiary/aromatic N) is 3. The fraction of sp³-hybridized carbons (Fsp3) is 0.278. The summed E-state index contributed by atoms with van der Waals surface area (Å²) in [5.41, 5.74) is 7.99. The van der Waals surface area contributed by atoms with Crippen LogP contribution in [0.4, 0.5) is 0 Å². The molecule has 1 amide bonds. The van der Waals surface area contributed by atoms with Gasteiger partial charge < -0.3 is 11.1 Å². The van der Waals surface area contributed by atoms with Crippen LogP contribution in [0.15, 0.2) is 48.7 Å². The summed E-state index contributed by atoms with van der Waals surface area (Å²) in [6.07, 6.45) is 4.74. The van der Waals surface area contributed by atoms with Crippen molar-refractivity contribution in [1.29, 1.82) is 0 Å². The molecular formula is C18H22ClN5OS. The van der Waals surface area contributed by atoms with E-state index >= 15 is 0 Å². The second kappa shape index (κ2) is 9.56. The van der Waals surface area contributed by atoms with Crippen molar-refractivity contribution >= 4 is 35.7 Å². The van der Waals surface area contributed by atoms with Gasteiger partial charge in [-0.3, -0.25) is 9.20 Å². The first-order valence-electron chi connectivity index (χ1n) is 8.11. The molecule has 6 nitrogen and oxygen atoms in total. The average molecular weight is 392 g/mol. The lowest BCUT2D eigenvalue weighted by Crippen LogP contribution is -2.30. The van der Waals surface area contributed by atoms with E-state index < -0.39 is 0 Å². The van der Waals surface area contributed by atoms with Crippen LogP contribution in [0.5, 0.6) is 0 Å². The Bertz CT molecular complexity index is 852. The highest BCUT2D eigenvalue weighted by Gasteiger charge is 2.20. The molecule has 0 fully saturated rings. The van der Waals surface area contributed by atoms with E-state index in [4.69, 9.17) is 5.73 Å². The van der Waals surface area contributed by atoms with Crippen molar-refractivity contribution in [1.82, 2.24) is 19.9 Å². The predicted octanol–water partition coefficient (Wildman–Crippen LogP) is 2.83. The molecule has 0 spiro atoms. The van der Waals surface area contributed by atoms with Crippen molar-refractivity contribution in [3.05, 3.63) is 65.6 Å². The number of thioether (sulfide) groups is 1. The number of halogens is 1. The number of hydrogen-bond donors (Lipinski definition) is 2. The molecule has 3 aromatic rings. The molecule has 8 heteroatoms. The maximum atomic E-state index is 12.6. The van der Waals surface area contributed by atoms with Crippen molar-refractivity contribution in [2.45, 2.75) is 19.0 Å². The molecule has 0 aliphatic heterocycles. The lowest BCUT2D eigenvalue weighted by Gasteiger charge is -2.17. The zero-order chi connectivity index (χ0) is 17.6. The Balaban J connectivity index is 0.00000243.